The molecule has 0 aliphatic heterocycles. The van der Waals surface area contributed by atoms with Gasteiger partial charge in [0, 0.05) is 23.7 Å². The molecule has 3 aromatic heterocycles. The number of hydrogen-bond donors (Lipinski definition) is 2. The van der Waals surface area contributed by atoms with Crippen LogP contribution in [0.3, 0.4) is 0 Å². The standard InChI is InChI=1S/C19H24N4OS2/c1-4-23(5-2)18(14-6-7-25-11-14)10-21-19(24)16-8-15(9-20-16)17-12-26-13(3)22-17/h6-9,11-12,18,20H,4-5,10H2,1-3H3,(H,21,24). The first-order valence-electron chi connectivity index (χ1n) is 8.77. The molecule has 0 aliphatic carbocycles. The lowest BCUT2D eigenvalue weighted by Crippen LogP contribution is -2.38. The first kappa shape index (κ1) is 18.8. The number of likely N-dealkylation sites (N-methyl/N-ethyl adjacent to an activating group) is 1. The van der Waals surface area contributed by atoms with Crippen LogP contribution in [0.15, 0.2) is 34.5 Å². The molecule has 1 unspecified atom stereocenters. The molecule has 1 atom stereocenters. The first-order chi connectivity index (χ1) is 12.6. The van der Waals surface area contributed by atoms with Gasteiger partial charge in [0.1, 0.15) is 5.69 Å². The number of nitrogens with zero attached hydrogens (tertiary/aromatic N) is 2. The van der Waals surface area contributed by atoms with Crippen molar-refractivity contribution in [2.24, 2.45) is 0 Å². The molecule has 0 radical (unpaired) electrons. The minimum absolute atomic E-state index is 0.0874. The zero-order valence-corrected chi connectivity index (χ0v) is 16.9. The van der Waals surface area contributed by atoms with Gasteiger partial charge >= 0.3 is 0 Å². The number of nitrogens with one attached hydrogen (secondary N) is 2. The van der Waals surface area contributed by atoms with Crippen molar-refractivity contribution in [3.63, 3.8) is 0 Å². The van der Waals surface area contributed by atoms with Crippen molar-refractivity contribution < 1.29 is 4.79 Å². The lowest BCUT2D eigenvalue weighted by molar-refractivity contribution is 0.0930. The number of carbonyl (C=O) groups is 1. The van der Waals surface area contributed by atoms with Gasteiger partial charge in [0.2, 0.25) is 0 Å². The van der Waals surface area contributed by atoms with Crippen LogP contribution in [0.2, 0.25) is 0 Å². The van der Waals surface area contributed by atoms with E-state index >= 15 is 0 Å². The average molecular weight is 389 g/mol. The summed E-state index contributed by atoms with van der Waals surface area (Å²) in [4.78, 5) is 22.5. The maximum Gasteiger partial charge on any atom is 0.267 e. The topological polar surface area (TPSA) is 61.0 Å². The third-order valence-electron chi connectivity index (χ3n) is 4.48. The molecular formula is C19H24N4OS2. The van der Waals surface area contributed by atoms with E-state index in [1.54, 1.807) is 22.7 Å². The van der Waals surface area contributed by atoms with Crippen LogP contribution < -0.4 is 5.32 Å². The monoisotopic (exact) mass is 388 g/mol. The summed E-state index contributed by atoms with van der Waals surface area (Å²) < 4.78 is 0. The summed E-state index contributed by atoms with van der Waals surface area (Å²) in [5.41, 5.74) is 3.66. The second-order valence-electron chi connectivity index (χ2n) is 6.06. The maximum atomic E-state index is 12.6. The molecule has 0 aliphatic rings. The predicted molar refractivity (Wildman–Crippen MR) is 109 cm³/mol. The number of thiazole rings is 1. The van der Waals surface area contributed by atoms with Gasteiger partial charge in [-0.1, -0.05) is 13.8 Å². The molecular weight excluding hydrogens is 364 g/mol. The van der Waals surface area contributed by atoms with Gasteiger partial charge < -0.3 is 10.3 Å². The van der Waals surface area contributed by atoms with Gasteiger partial charge in [-0.05, 0) is 48.5 Å². The maximum absolute atomic E-state index is 12.6. The highest BCUT2D eigenvalue weighted by molar-refractivity contribution is 7.09. The number of rotatable bonds is 8. The van der Waals surface area contributed by atoms with Gasteiger partial charge in [-0.3, -0.25) is 9.69 Å². The van der Waals surface area contributed by atoms with Crippen LogP contribution >= 0.6 is 22.7 Å². The van der Waals surface area contributed by atoms with Gasteiger partial charge in [-0.25, -0.2) is 4.98 Å². The third-order valence-corrected chi connectivity index (χ3v) is 5.95. The molecule has 0 bridgehead atoms. The third kappa shape index (κ3) is 4.23. The minimum Gasteiger partial charge on any atom is -0.357 e. The van der Waals surface area contributed by atoms with Crippen molar-refractivity contribution in [3.8, 4) is 11.3 Å². The summed E-state index contributed by atoms with van der Waals surface area (Å²) in [7, 11) is 0. The van der Waals surface area contributed by atoms with E-state index < -0.39 is 0 Å². The highest BCUT2D eigenvalue weighted by Gasteiger charge is 2.20. The van der Waals surface area contributed by atoms with Crippen molar-refractivity contribution in [3.05, 3.63) is 50.7 Å². The normalized spacial score (nSPS) is 12.5. The Morgan fingerprint density at radius 3 is 2.77 bits per heavy atom. The largest absolute Gasteiger partial charge is 0.357 e. The summed E-state index contributed by atoms with van der Waals surface area (Å²) >= 11 is 3.30. The van der Waals surface area contributed by atoms with E-state index in [1.807, 2.05) is 24.6 Å². The molecule has 3 heterocycles. The fourth-order valence-corrected chi connectivity index (χ4v) is 4.37. The van der Waals surface area contributed by atoms with E-state index in [9.17, 15) is 4.79 Å². The molecule has 5 nitrogen and oxygen atoms in total. The molecule has 2 N–H and O–H groups in total. The van der Waals surface area contributed by atoms with Gasteiger partial charge in [0.05, 0.1) is 16.7 Å². The quantitative estimate of drug-likeness (QED) is 0.604. The van der Waals surface area contributed by atoms with E-state index in [-0.39, 0.29) is 11.9 Å². The zero-order valence-electron chi connectivity index (χ0n) is 15.3. The summed E-state index contributed by atoms with van der Waals surface area (Å²) in [6.07, 6.45) is 1.84. The van der Waals surface area contributed by atoms with Gasteiger partial charge in [0.15, 0.2) is 0 Å². The average Bonchev–Trinajstić information content (AvgIpc) is 3.38. The molecule has 0 fully saturated rings. The molecule has 3 rings (SSSR count). The van der Waals surface area contributed by atoms with E-state index in [0.29, 0.717) is 12.2 Å². The molecule has 0 spiro atoms. The summed E-state index contributed by atoms with van der Waals surface area (Å²) in [5.74, 6) is -0.0874. The van der Waals surface area contributed by atoms with E-state index in [1.165, 1.54) is 5.56 Å². The molecule has 138 valence electrons. The van der Waals surface area contributed by atoms with Crippen LogP contribution in [0, 0.1) is 6.92 Å². The van der Waals surface area contributed by atoms with Gasteiger partial charge in [0.25, 0.3) is 5.91 Å². The molecule has 0 aromatic carbocycles. The first-order valence-corrected chi connectivity index (χ1v) is 10.6. The minimum atomic E-state index is -0.0874. The van der Waals surface area contributed by atoms with E-state index in [4.69, 9.17) is 0 Å². The Kier molecular flexibility index (Phi) is 6.24. The predicted octanol–water partition coefficient (Wildman–Crippen LogP) is 4.32. The number of aromatic nitrogens is 2. The SMILES string of the molecule is CCN(CC)C(CNC(=O)c1cc(-c2csc(C)n2)c[nH]1)c1ccsc1. The number of hydrogen-bond acceptors (Lipinski definition) is 5. The van der Waals surface area contributed by atoms with Crippen LogP contribution in [0.5, 0.6) is 0 Å². The number of aromatic amines is 1. The number of aryl methyl sites for hydroxylation is 1. The second kappa shape index (κ2) is 8.62. The summed E-state index contributed by atoms with van der Waals surface area (Å²) in [6, 6.07) is 4.19. The number of carbonyl (C=O) groups excluding carboxylic acids is 1. The molecule has 26 heavy (non-hydrogen) atoms. The Balaban J connectivity index is 1.68. The fourth-order valence-electron chi connectivity index (χ4n) is 3.04. The molecule has 7 heteroatoms. The lowest BCUT2D eigenvalue weighted by atomic mass is 10.1. The highest BCUT2D eigenvalue weighted by atomic mass is 32.1. The van der Waals surface area contributed by atoms with E-state index in [0.717, 1.165) is 29.4 Å². The van der Waals surface area contributed by atoms with Crippen LogP contribution in [0.1, 0.15) is 40.9 Å². The molecule has 3 aromatic rings. The van der Waals surface area contributed by atoms with Crippen LogP contribution in [0.4, 0.5) is 0 Å². The van der Waals surface area contributed by atoms with Crippen molar-refractivity contribution in [2.45, 2.75) is 26.8 Å². The number of H-pyrrole nitrogens is 1. The summed E-state index contributed by atoms with van der Waals surface area (Å²) in [6.45, 7) is 8.76. The van der Waals surface area contributed by atoms with Crippen molar-refractivity contribution >= 4 is 28.6 Å². The Labute approximate surface area is 162 Å². The van der Waals surface area contributed by atoms with Gasteiger partial charge in [-0.2, -0.15) is 11.3 Å². The Morgan fingerprint density at radius 2 is 2.15 bits per heavy atom. The van der Waals surface area contributed by atoms with E-state index in [2.05, 4.69) is 50.9 Å². The number of amides is 1. The summed E-state index contributed by atoms with van der Waals surface area (Å²) in [5, 5.41) is 10.4. The second-order valence-corrected chi connectivity index (χ2v) is 7.90. The Bertz CT molecular complexity index is 833. The molecule has 1 amide bonds. The van der Waals surface area contributed by atoms with Gasteiger partial charge in [-0.15, -0.1) is 11.3 Å². The van der Waals surface area contributed by atoms with Crippen molar-refractivity contribution in [2.75, 3.05) is 19.6 Å². The van der Waals surface area contributed by atoms with Crippen molar-refractivity contribution in [1.82, 2.24) is 20.2 Å². The lowest BCUT2D eigenvalue weighted by Gasteiger charge is -2.29. The van der Waals surface area contributed by atoms with Crippen LogP contribution in [-0.2, 0) is 0 Å². The molecule has 0 saturated carbocycles. The fraction of sp³-hybridized carbons (Fsp3) is 0.368. The van der Waals surface area contributed by atoms with Crippen molar-refractivity contribution in [1.29, 1.82) is 0 Å². The zero-order chi connectivity index (χ0) is 18.5. The number of thiophene rings is 1. The highest BCUT2D eigenvalue weighted by Crippen LogP contribution is 2.24. The Hall–Kier alpha value is -1.96. The van der Waals surface area contributed by atoms with Crippen LogP contribution in [-0.4, -0.2) is 40.4 Å². The Morgan fingerprint density at radius 1 is 1.35 bits per heavy atom. The van der Waals surface area contributed by atoms with Crippen LogP contribution in [0.25, 0.3) is 11.3 Å². The molecule has 0 saturated heterocycles. The smallest absolute Gasteiger partial charge is 0.267 e.